The molecule has 1 N–H and O–H groups in total. The molecular formula is C15H17N3O2. The predicted octanol–water partition coefficient (Wildman–Crippen LogP) is 1.33. The highest BCUT2D eigenvalue weighted by Gasteiger charge is 2.29. The highest BCUT2D eigenvalue weighted by Crippen LogP contribution is 2.22. The Morgan fingerprint density at radius 1 is 1.40 bits per heavy atom. The second-order valence-electron chi connectivity index (χ2n) is 4.96. The molecule has 0 spiro atoms. The molecule has 5 heteroatoms. The van der Waals surface area contributed by atoms with Crippen LogP contribution in [0.25, 0.3) is 0 Å². The van der Waals surface area contributed by atoms with Gasteiger partial charge in [0.15, 0.2) is 5.75 Å². The SMILES string of the molecule is COc1cnn(C)c1C(=O)C1Cc2ccccc2CN1. The van der Waals surface area contributed by atoms with Crippen LogP contribution >= 0.6 is 0 Å². The summed E-state index contributed by atoms with van der Waals surface area (Å²) >= 11 is 0. The fraction of sp³-hybridized carbons (Fsp3) is 0.333. The van der Waals surface area contributed by atoms with E-state index in [0.29, 0.717) is 24.4 Å². The third-order valence-corrected chi connectivity index (χ3v) is 3.76. The first-order valence-corrected chi connectivity index (χ1v) is 6.61. The first-order valence-electron chi connectivity index (χ1n) is 6.61. The van der Waals surface area contributed by atoms with E-state index in [2.05, 4.69) is 22.5 Å². The molecule has 0 saturated heterocycles. The summed E-state index contributed by atoms with van der Waals surface area (Å²) < 4.78 is 6.79. The number of benzene rings is 1. The van der Waals surface area contributed by atoms with Crippen molar-refractivity contribution in [3.63, 3.8) is 0 Å². The van der Waals surface area contributed by atoms with Crippen LogP contribution in [0, 0.1) is 0 Å². The Morgan fingerprint density at radius 2 is 2.15 bits per heavy atom. The monoisotopic (exact) mass is 271 g/mol. The number of nitrogens with zero attached hydrogens (tertiary/aromatic N) is 2. The number of ether oxygens (including phenoxy) is 1. The molecule has 0 radical (unpaired) electrons. The molecule has 1 unspecified atom stereocenters. The van der Waals surface area contributed by atoms with Gasteiger partial charge in [0.2, 0.25) is 5.78 Å². The fourth-order valence-corrected chi connectivity index (χ4v) is 2.65. The Morgan fingerprint density at radius 3 is 2.90 bits per heavy atom. The van der Waals surface area contributed by atoms with Gasteiger partial charge in [-0.05, 0) is 17.5 Å². The maximum atomic E-state index is 12.7. The molecule has 0 amide bonds. The number of aromatic nitrogens is 2. The van der Waals surface area contributed by atoms with Crippen molar-refractivity contribution >= 4 is 5.78 Å². The van der Waals surface area contributed by atoms with Gasteiger partial charge in [-0.3, -0.25) is 9.48 Å². The quantitative estimate of drug-likeness (QED) is 0.856. The van der Waals surface area contributed by atoms with Crippen molar-refractivity contribution < 1.29 is 9.53 Å². The molecule has 2 aromatic rings. The van der Waals surface area contributed by atoms with Crippen LogP contribution in [0.4, 0.5) is 0 Å². The number of hydrogen-bond donors (Lipinski definition) is 1. The highest BCUT2D eigenvalue weighted by atomic mass is 16.5. The highest BCUT2D eigenvalue weighted by molar-refractivity contribution is 6.01. The van der Waals surface area contributed by atoms with E-state index in [4.69, 9.17) is 4.74 Å². The first-order chi connectivity index (χ1) is 9.70. The van der Waals surface area contributed by atoms with Crippen molar-refractivity contribution in [2.75, 3.05) is 7.11 Å². The van der Waals surface area contributed by atoms with Gasteiger partial charge in [0, 0.05) is 13.6 Å². The Labute approximate surface area is 117 Å². The first kappa shape index (κ1) is 12.9. The van der Waals surface area contributed by atoms with E-state index < -0.39 is 0 Å². The summed E-state index contributed by atoms with van der Waals surface area (Å²) in [5.41, 5.74) is 3.00. The molecule has 20 heavy (non-hydrogen) atoms. The molecular weight excluding hydrogens is 254 g/mol. The lowest BCUT2D eigenvalue weighted by Gasteiger charge is -2.25. The molecule has 0 saturated carbocycles. The lowest BCUT2D eigenvalue weighted by molar-refractivity contribution is 0.0925. The number of methoxy groups -OCH3 is 1. The van der Waals surface area contributed by atoms with Crippen LogP contribution < -0.4 is 10.1 Å². The van der Waals surface area contributed by atoms with Crippen LogP contribution in [0.15, 0.2) is 30.5 Å². The molecule has 1 atom stereocenters. The second-order valence-corrected chi connectivity index (χ2v) is 4.96. The largest absolute Gasteiger partial charge is 0.493 e. The molecule has 104 valence electrons. The molecule has 0 aliphatic carbocycles. The van der Waals surface area contributed by atoms with E-state index in [9.17, 15) is 4.79 Å². The van der Waals surface area contributed by atoms with Gasteiger partial charge in [-0.25, -0.2) is 0 Å². The summed E-state index contributed by atoms with van der Waals surface area (Å²) in [4.78, 5) is 12.7. The second kappa shape index (κ2) is 5.09. The third-order valence-electron chi connectivity index (χ3n) is 3.76. The number of ketones is 1. The number of fused-ring (bicyclic) bond motifs is 1. The average Bonchev–Trinajstić information content (AvgIpc) is 2.87. The minimum atomic E-state index is -0.228. The Kier molecular flexibility index (Phi) is 3.28. The zero-order valence-electron chi connectivity index (χ0n) is 11.6. The standard InChI is InChI=1S/C15H17N3O2/c1-18-14(13(20-2)9-17-18)15(19)12-7-10-5-3-4-6-11(10)8-16-12/h3-6,9,12,16H,7-8H2,1-2H3. The summed E-state index contributed by atoms with van der Waals surface area (Å²) in [6.45, 7) is 0.715. The van der Waals surface area contributed by atoms with Crippen LogP contribution in [-0.4, -0.2) is 28.7 Å². The van der Waals surface area contributed by atoms with Gasteiger partial charge in [0.05, 0.1) is 19.3 Å². The summed E-state index contributed by atoms with van der Waals surface area (Å²) in [5, 5.41) is 7.39. The predicted molar refractivity (Wildman–Crippen MR) is 74.9 cm³/mol. The van der Waals surface area contributed by atoms with Gasteiger partial charge in [0.25, 0.3) is 0 Å². The summed E-state index contributed by atoms with van der Waals surface area (Å²) in [7, 11) is 3.31. The topological polar surface area (TPSA) is 56.2 Å². The Bertz CT molecular complexity index is 648. The number of Topliss-reactive ketones (excluding diaryl/α,β-unsaturated/α-hetero) is 1. The lowest BCUT2D eigenvalue weighted by atomic mass is 9.92. The van der Waals surface area contributed by atoms with Crippen molar-refractivity contribution in [3.8, 4) is 5.75 Å². The number of hydrogen-bond acceptors (Lipinski definition) is 4. The van der Waals surface area contributed by atoms with Crippen molar-refractivity contribution in [2.24, 2.45) is 7.05 Å². The maximum absolute atomic E-state index is 12.7. The van der Waals surface area contributed by atoms with E-state index in [-0.39, 0.29) is 11.8 Å². The average molecular weight is 271 g/mol. The maximum Gasteiger partial charge on any atom is 0.201 e. The Hall–Kier alpha value is -2.14. The molecule has 1 aromatic heterocycles. The Balaban J connectivity index is 1.88. The minimum absolute atomic E-state index is 0.0244. The summed E-state index contributed by atoms with van der Waals surface area (Å²) in [6, 6.07) is 7.97. The van der Waals surface area contributed by atoms with E-state index in [0.717, 1.165) is 0 Å². The number of rotatable bonds is 3. The lowest BCUT2D eigenvalue weighted by Crippen LogP contribution is -2.42. The van der Waals surface area contributed by atoms with Crippen LogP contribution in [0.3, 0.4) is 0 Å². The molecule has 3 rings (SSSR count). The van der Waals surface area contributed by atoms with Crippen molar-refractivity contribution in [1.82, 2.24) is 15.1 Å². The zero-order chi connectivity index (χ0) is 14.1. The molecule has 1 aliphatic heterocycles. The van der Waals surface area contributed by atoms with Crippen LogP contribution in [0.5, 0.6) is 5.75 Å². The van der Waals surface area contributed by atoms with E-state index in [1.807, 2.05) is 12.1 Å². The van der Waals surface area contributed by atoms with Gasteiger partial charge in [-0.2, -0.15) is 5.10 Å². The van der Waals surface area contributed by atoms with E-state index >= 15 is 0 Å². The fourth-order valence-electron chi connectivity index (χ4n) is 2.65. The van der Waals surface area contributed by atoms with Crippen molar-refractivity contribution in [1.29, 1.82) is 0 Å². The molecule has 5 nitrogen and oxygen atoms in total. The smallest absolute Gasteiger partial charge is 0.201 e. The molecule has 1 aliphatic rings. The van der Waals surface area contributed by atoms with Gasteiger partial charge in [-0.1, -0.05) is 24.3 Å². The van der Waals surface area contributed by atoms with Gasteiger partial charge in [-0.15, -0.1) is 0 Å². The van der Waals surface area contributed by atoms with Crippen LogP contribution in [0.2, 0.25) is 0 Å². The van der Waals surface area contributed by atoms with E-state index in [1.54, 1.807) is 25.0 Å². The molecule has 0 bridgehead atoms. The third kappa shape index (κ3) is 2.10. The van der Waals surface area contributed by atoms with E-state index in [1.165, 1.54) is 11.1 Å². The number of carbonyl (C=O) groups excluding carboxylic acids is 1. The van der Waals surface area contributed by atoms with Crippen molar-refractivity contribution in [2.45, 2.75) is 19.0 Å². The minimum Gasteiger partial charge on any atom is -0.493 e. The summed E-state index contributed by atoms with van der Waals surface area (Å²) in [6.07, 6.45) is 2.27. The number of carbonyl (C=O) groups is 1. The summed E-state index contributed by atoms with van der Waals surface area (Å²) in [5.74, 6) is 0.550. The van der Waals surface area contributed by atoms with Crippen LogP contribution in [-0.2, 0) is 20.0 Å². The van der Waals surface area contributed by atoms with Gasteiger partial charge < -0.3 is 10.1 Å². The number of nitrogens with one attached hydrogen (secondary N) is 1. The molecule has 0 fully saturated rings. The van der Waals surface area contributed by atoms with Gasteiger partial charge >= 0.3 is 0 Å². The van der Waals surface area contributed by atoms with Crippen molar-refractivity contribution in [3.05, 3.63) is 47.3 Å². The number of aryl methyl sites for hydroxylation is 1. The molecule has 2 heterocycles. The molecule has 1 aromatic carbocycles. The van der Waals surface area contributed by atoms with Gasteiger partial charge in [0.1, 0.15) is 5.69 Å². The zero-order valence-corrected chi connectivity index (χ0v) is 11.6. The normalized spacial score (nSPS) is 17.6. The van der Waals surface area contributed by atoms with Crippen LogP contribution in [0.1, 0.15) is 21.6 Å².